The van der Waals surface area contributed by atoms with E-state index in [-0.39, 0.29) is 12.0 Å². The first-order chi connectivity index (χ1) is 11.0. The van der Waals surface area contributed by atoms with Crippen LogP contribution in [-0.2, 0) is 4.79 Å². The van der Waals surface area contributed by atoms with E-state index in [1.807, 2.05) is 0 Å². The Morgan fingerprint density at radius 1 is 1.17 bits per heavy atom. The van der Waals surface area contributed by atoms with Crippen molar-refractivity contribution in [3.05, 3.63) is 23.3 Å². The summed E-state index contributed by atoms with van der Waals surface area (Å²) in [4.78, 5) is 13.4. The summed E-state index contributed by atoms with van der Waals surface area (Å²) in [5.41, 5.74) is 5.03. The van der Waals surface area contributed by atoms with Crippen LogP contribution in [0.25, 0.3) is 0 Å². The second-order valence-electron chi connectivity index (χ2n) is 7.34. The normalized spacial score (nSPS) is 19.8. The summed E-state index contributed by atoms with van der Waals surface area (Å²) in [6.07, 6.45) is 7.73. The molecule has 4 heteroatoms. The van der Waals surface area contributed by atoms with Gasteiger partial charge in [-0.3, -0.25) is 4.79 Å². The molecule has 1 heterocycles. The standard InChI is InChI=1S/C19H28N2O2/c1-14-11-16-17(12-15(14)2)21(10-7-18(22)23)13-19(20-16)8-5-3-4-6-9-19/h11-12,20H,3-10,13H2,1-2H3,(H,22,23). The Balaban J connectivity index is 1.94. The molecule has 23 heavy (non-hydrogen) atoms. The van der Waals surface area contributed by atoms with Crippen molar-refractivity contribution < 1.29 is 9.90 Å². The van der Waals surface area contributed by atoms with Gasteiger partial charge >= 0.3 is 5.97 Å². The van der Waals surface area contributed by atoms with Crippen molar-refractivity contribution in [3.8, 4) is 0 Å². The summed E-state index contributed by atoms with van der Waals surface area (Å²) in [7, 11) is 0. The molecule has 0 aromatic heterocycles. The lowest BCUT2D eigenvalue weighted by Gasteiger charge is -2.46. The molecule has 1 aliphatic carbocycles. The highest BCUT2D eigenvalue weighted by molar-refractivity contribution is 5.76. The topological polar surface area (TPSA) is 52.6 Å². The average molecular weight is 316 g/mol. The lowest BCUT2D eigenvalue weighted by molar-refractivity contribution is -0.136. The molecular formula is C19H28N2O2. The van der Waals surface area contributed by atoms with Gasteiger partial charge in [-0.2, -0.15) is 0 Å². The summed E-state index contributed by atoms with van der Waals surface area (Å²) in [6, 6.07) is 4.45. The Morgan fingerprint density at radius 3 is 2.48 bits per heavy atom. The molecule has 0 unspecified atom stereocenters. The maximum absolute atomic E-state index is 11.1. The second kappa shape index (κ2) is 6.42. The molecule has 1 aromatic rings. The van der Waals surface area contributed by atoms with E-state index in [9.17, 15) is 4.79 Å². The smallest absolute Gasteiger partial charge is 0.305 e. The van der Waals surface area contributed by atoms with Crippen LogP contribution in [-0.4, -0.2) is 29.7 Å². The first-order valence-electron chi connectivity index (χ1n) is 8.85. The first-order valence-corrected chi connectivity index (χ1v) is 8.85. The summed E-state index contributed by atoms with van der Waals surface area (Å²) >= 11 is 0. The molecule has 126 valence electrons. The van der Waals surface area contributed by atoms with Crippen molar-refractivity contribution in [1.29, 1.82) is 0 Å². The molecule has 2 N–H and O–H groups in total. The van der Waals surface area contributed by atoms with E-state index in [2.05, 4.69) is 36.2 Å². The molecule has 0 radical (unpaired) electrons. The van der Waals surface area contributed by atoms with Crippen LogP contribution in [0.3, 0.4) is 0 Å². The Labute approximate surface area is 138 Å². The number of aryl methyl sites for hydroxylation is 2. The third-order valence-corrected chi connectivity index (χ3v) is 5.50. The predicted molar refractivity (Wildman–Crippen MR) is 94.4 cm³/mol. The minimum Gasteiger partial charge on any atom is -0.481 e. The molecule has 1 aromatic carbocycles. The van der Waals surface area contributed by atoms with E-state index in [1.165, 1.54) is 61.0 Å². The van der Waals surface area contributed by atoms with Crippen molar-refractivity contribution >= 4 is 17.3 Å². The summed E-state index contributed by atoms with van der Waals surface area (Å²) in [5.74, 6) is -0.719. The lowest BCUT2D eigenvalue weighted by Crippen LogP contribution is -2.52. The Hall–Kier alpha value is -1.71. The fourth-order valence-electron chi connectivity index (χ4n) is 4.06. The molecule has 3 rings (SSSR count). The summed E-state index contributed by atoms with van der Waals surface area (Å²) < 4.78 is 0. The fourth-order valence-corrected chi connectivity index (χ4v) is 4.06. The number of fused-ring (bicyclic) bond motifs is 1. The highest BCUT2D eigenvalue weighted by Gasteiger charge is 2.37. The van der Waals surface area contributed by atoms with Gasteiger partial charge in [-0.05, 0) is 49.9 Å². The number of rotatable bonds is 3. The van der Waals surface area contributed by atoms with Crippen molar-refractivity contribution in [2.45, 2.75) is 64.3 Å². The van der Waals surface area contributed by atoms with Gasteiger partial charge in [0.2, 0.25) is 0 Å². The van der Waals surface area contributed by atoms with Crippen LogP contribution >= 0.6 is 0 Å². The van der Waals surface area contributed by atoms with Crippen molar-refractivity contribution in [1.82, 2.24) is 0 Å². The number of hydrogen-bond donors (Lipinski definition) is 2. The van der Waals surface area contributed by atoms with Crippen LogP contribution in [0.1, 0.15) is 56.1 Å². The van der Waals surface area contributed by atoms with Gasteiger partial charge in [-0.1, -0.05) is 25.7 Å². The molecule has 1 spiro atoms. The predicted octanol–water partition coefficient (Wildman–Crippen LogP) is 4.10. The number of hydrogen-bond acceptors (Lipinski definition) is 3. The zero-order valence-corrected chi connectivity index (χ0v) is 14.3. The van der Waals surface area contributed by atoms with Crippen molar-refractivity contribution in [2.75, 3.05) is 23.3 Å². The highest BCUT2D eigenvalue weighted by atomic mass is 16.4. The number of carboxylic acids is 1. The number of aliphatic carboxylic acids is 1. The molecule has 4 nitrogen and oxygen atoms in total. The third-order valence-electron chi connectivity index (χ3n) is 5.50. The van der Waals surface area contributed by atoms with Crippen LogP contribution in [0.15, 0.2) is 12.1 Å². The first kappa shape index (κ1) is 16.2. The number of carboxylic acid groups (broad SMARTS) is 1. The third kappa shape index (κ3) is 3.46. The van der Waals surface area contributed by atoms with Gasteiger partial charge in [0.15, 0.2) is 0 Å². The molecular weight excluding hydrogens is 288 g/mol. The van der Waals surface area contributed by atoms with E-state index in [0.29, 0.717) is 6.54 Å². The number of anilines is 2. The molecule has 1 aliphatic heterocycles. The summed E-state index contributed by atoms with van der Waals surface area (Å²) in [5, 5.41) is 12.9. The maximum atomic E-state index is 11.1. The van der Waals surface area contributed by atoms with Crippen LogP contribution in [0.5, 0.6) is 0 Å². The highest BCUT2D eigenvalue weighted by Crippen LogP contribution is 2.41. The molecule has 0 bridgehead atoms. The minimum absolute atomic E-state index is 0.115. The summed E-state index contributed by atoms with van der Waals surface area (Å²) in [6.45, 7) is 5.79. The quantitative estimate of drug-likeness (QED) is 0.881. The van der Waals surface area contributed by atoms with Gasteiger partial charge in [-0.25, -0.2) is 0 Å². The molecule has 0 atom stereocenters. The minimum atomic E-state index is -0.719. The number of nitrogens with one attached hydrogen (secondary N) is 1. The van der Waals surface area contributed by atoms with E-state index < -0.39 is 5.97 Å². The molecule has 1 saturated carbocycles. The lowest BCUT2D eigenvalue weighted by atomic mass is 9.86. The van der Waals surface area contributed by atoms with Crippen molar-refractivity contribution in [3.63, 3.8) is 0 Å². The van der Waals surface area contributed by atoms with Gasteiger partial charge in [0.05, 0.1) is 23.3 Å². The number of nitrogens with zero attached hydrogens (tertiary/aromatic N) is 1. The second-order valence-corrected chi connectivity index (χ2v) is 7.34. The van der Waals surface area contributed by atoms with E-state index in [4.69, 9.17) is 5.11 Å². The van der Waals surface area contributed by atoms with Crippen LogP contribution in [0.4, 0.5) is 11.4 Å². The molecule has 0 saturated heterocycles. The Kier molecular flexibility index (Phi) is 4.51. The van der Waals surface area contributed by atoms with Gasteiger partial charge in [0.25, 0.3) is 0 Å². The van der Waals surface area contributed by atoms with E-state index in [1.54, 1.807) is 0 Å². The van der Waals surface area contributed by atoms with Gasteiger partial charge in [0, 0.05) is 13.1 Å². The number of benzene rings is 1. The Morgan fingerprint density at radius 2 is 1.83 bits per heavy atom. The zero-order valence-electron chi connectivity index (χ0n) is 14.3. The zero-order chi connectivity index (χ0) is 16.4. The van der Waals surface area contributed by atoms with Crippen LogP contribution in [0, 0.1) is 13.8 Å². The SMILES string of the molecule is Cc1cc2c(cc1C)N(CCC(=O)O)CC1(CCCCCC1)N2. The monoisotopic (exact) mass is 316 g/mol. The van der Waals surface area contributed by atoms with Gasteiger partial charge < -0.3 is 15.3 Å². The maximum Gasteiger partial charge on any atom is 0.305 e. The van der Waals surface area contributed by atoms with Crippen LogP contribution in [0.2, 0.25) is 0 Å². The largest absolute Gasteiger partial charge is 0.481 e. The average Bonchev–Trinajstić information content (AvgIpc) is 2.72. The van der Waals surface area contributed by atoms with Crippen molar-refractivity contribution in [2.24, 2.45) is 0 Å². The van der Waals surface area contributed by atoms with Crippen LogP contribution < -0.4 is 10.2 Å². The van der Waals surface area contributed by atoms with E-state index in [0.717, 1.165) is 6.54 Å². The van der Waals surface area contributed by atoms with Gasteiger partial charge in [0.1, 0.15) is 0 Å². The van der Waals surface area contributed by atoms with Gasteiger partial charge in [-0.15, -0.1) is 0 Å². The molecule has 2 aliphatic rings. The number of carbonyl (C=O) groups is 1. The van der Waals surface area contributed by atoms with E-state index >= 15 is 0 Å². The molecule has 0 amide bonds. The molecule has 1 fully saturated rings. The Bertz CT molecular complexity index is 589. The fraction of sp³-hybridized carbons (Fsp3) is 0.632.